The van der Waals surface area contributed by atoms with E-state index in [0.717, 1.165) is 31.7 Å². The molecule has 0 spiro atoms. The second-order valence-electron chi connectivity index (χ2n) is 5.35. The van der Waals surface area contributed by atoms with Crippen molar-refractivity contribution in [2.75, 3.05) is 26.2 Å². The van der Waals surface area contributed by atoms with Gasteiger partial charge in [0.25, 0.3) is 0 Å². The second-order valence-corrected chi connectivity index (χ2v) is 5.79. The van der Waals surface area contributed by atoms with E-state index < -0.39 is 0 Å². The van der Waals surface area contributed by atoms with Crippen molar-refractivity contribution in [3.05, 3.63) is 34.9 Å². The maximum absolute atomic E-state index is 12.7. The van der Waals surface area contributed by atoms with Crippen LogP contribution in [0, 0.1) is 5.92 Å². The summed E-state index contributed by atoms with van der Waals surface area (Å²) in [5.74, 6) is 0.386. The summed E-state index contributed by atoms with van der Waals surface area (Å²) >= 11 is 6.05. The Morgan fingerprint density at radius 2 is 1.95 bits per heavy atom. The Labute approximate surface area is 132 Å². The number of nitrogens with one attached hydrogen (secondary N) is 1. The maximum atomic E-state index is 12.7. The minimum Gasteiger partial charge on any atom is -0.340 e. The van der Waals surface area contributed by atoms with E-state index in [1.165, 1.54) is 0 Å². The number of piperazine rings is 1. The summed E-state index contributed by atoms with van der Waals surface area (Å²) in [6.07, 6.45) is 0. The van der Waals surface area contributed by atoms with Crippen molar-refractivity contribution < 1.29 is 4.79 Å². The highest BCUT2D eigenvalue weighted by Crippen LogP contribution is 2.28. The smallest absolute Gasteiger partial charge is 0.230 e. The zero-order chi connectivity index (χ0) is 13.8. The molecular weight excluding hydrogens is 295 g/mol. The van der Waals surface area contributed by atoms with E-state index in [2.05, 4.69) is 19.2 Å². The Balaban J connectivity index is 0.00000200. The van der Waals surface area contributed by atoms with E-state index in [4.69, 9.17) is 11.6 Å². The van der Waals surface area contributed by atoms with Crippen LogP contribution in [0.5, 0.6) is 0 Å². The molecule has 1 amide bonds. The molecular formula is C15H22Cl2N2O. The first kappa shape index (κ1) is 17.3. The van der Waals surface area contributed by atoms with E-state index in [9.17, 15) is 4.79 Å². The molecule has 1 aliphatic heterocycles. The van der Waals surface area contributed by atoms with Gasteiger partial charge in [0.1, 0.15) is 0 Å². The lowest BCUT2D eigenvalue weighted by molar-refractivity contribution is -0.134. The van der Waals surface area contributed by atoms with Crippen molar-refractivity contribution in [3.8, 4) is 0 Å². The summed E-state index contributed by atoms with van der Waals surface area (Å²) < 4.78 is 0. The lowest BCUT2D eigenvalue weighted by atomic mass is 9.87. The molecule has 1 saturated heterocycles. The first-order valence-electron chi connectivity index (χ1n) is 6.84. The molecule has 1 fully saturated rings. The fourth-order valence-electron chi connectivity index (χ4n) is 2.59. The van der Waals surface area contributed by atoms with Gasteiger partial charge in [-0.05, 0) is 23.6 Å². The third-order valence-corrected chi connectivity index (χ3v) is 3.80. The maximum Gasteiger partial charge on any atom is 0.230 e. The topological polar surface area (TPSA) is 32.3 Å². The molecule has 0 aromatic heterocycles. The number of amides is 1. The van der Waals surface area contributed by atoms with Gasteiger partial charge in [-0.15, -0.1) is 12.4 Å². The lowest BCUT2D eigenvalue weighted by Gasteiger charge is -2.32. The molecule has 112 valence electrons. The summed E-state index contributed by atoms with van der Waals surface area (Å²) in [7, 11) is 0. The van der Waals surface area contributed by atoms with Gasteiger partial charge < -0.3 is 10.2 Å². The number of carbonyl (C=O) groups excluding carboxylic acids is 1. The number of halogens is 2. The molecule has 0 saturated carbocycles. The number of nitrogens with zero attached hydrogens (tertiary/aromatic N) is 1. The van der Waals surface area contributed by atoms with Crippen molar-refractivity contribution in [2.45, 2.75) is 19.8 Å². The molecule has 1 aliphatic rings. The average molecular weight is 317 g/mol. The SMILES string of the molecule is CC(C)C(C(=O)N1CCNCC1)c1cccc(Cl)c1.Cl. The van der Waals surface area contributed by atoms with E-state index in [1.807, 2.05) is 29.2 Å². The predicted octanol–water partition coefficient (Wildman–Crippen LogP) is 2.93. The molecule has 20 heavy (non-hydrogen) atoms. The highest BCUT2D eigenvalue weighted by molar-refractivity contribution is 6.30. The number of benzene rings is 1. The lowest BCUT2D eigenvalue weighted by Crippen LogP contribution is -2.48. The first-order chi connectivity index (χ1) is 9.09. The summed E-state index contributed by atoms with van der Waals surface area (Å²) in [5, 5.41) is 3.96. The molecule has 1 unspecified atom stereocenters. The molecule has 2 rings (SSSR count). The Morgan fingerprint density at radius 3 is 2.50 bits per heavy atom. The van der Waals surface area contributed by atoms with Crippen LogP contribution in [-0.2, 0) is 4.79 Å². The number of rotatable bonds is 3. The molecule has 0 bridgehead atoms. The molecule has 3 nitrogen and oxygen atoms in total. The monoisotopic (exact) mass is 316 g/mol. The average Bonchev–Trinajstić information content (AvgIpc) is 2.39. The third kappa shape index (κ3) is 4.11. The predicted molar refractivity (Wildman–Crippen MR) is 85.7 cm³/mol. The van der Waals surface area contributed by atoms with E-state index in [-0.39, 0.29) is 30.2 Å². The third-order valence-electron chi connectivity index (χ3n) is 3.57. The van der Waals surface area contributed by atoms with Crippen LogP contribution in [0.2, 0.25) is 5.02 Å². The van der Waals surface area contributed by atoms with Gasteiger partial charge in [0.05, 0.1) is 5.92 Å². The molecule has 1 atom stereocenters. The van der Waals surface area contributed by atoms with Crippen molar-refractivity contribution in [1.82, 2.24) is 10.2 Å². The number of carbonyl (C=O) groups is 1. The Bertz CT molecular complexity index is 445. The van der Waals surface area contributed by atoms with Gasteiger partial charge >= 0.3 is 0 Å². The van der Waals surface area contributed by atoms with Crippen LogP contribution in [0.1, 0.15) is 25.3 Å². The normalized spacial score (nSPS) is 16.7. The summed E-state index contributed by atoms with van der Waals surface area (Å²) in [4.78, 5) is 14.7. The van der Waals surface area contributed by atoms with Gasteiger partial charge in [-0.3, -0.25) is 4.79 Å². The van der Waals surface area contributed by atoms with Gasteiger partial charge in [-0.25, -0.2) is 0 Å². The minimum absolute atomic E-state index is 0. The quantitative estimate of drug-likeness (QED) is 0.930. The molecule has 1 aromatic rings. The van der Waals surface area contributed by atoms with Crippen LogP contribution in [-0.4, -0.2) is 37.0 Å². The largest absolute Gasteiger partial charge is 0.340 e. The fourth-order valence-corrected chi connectivity index (χ4v) is 2.79. The summed E-state index contributed by atoms with van der Waals surface area (Å²) in [6.45, 7) is 7.53. The highest BCUT2D eigenvalue weighted by Gasteiger charge is 2.29. The van der Waals surface area contributed by atoms with Crippen LogP contribution in [0.3, 0.4) is 0 Å². The number of hydrogen-bond acceptors (Lipinski definition) is 2. The fraction of sp³-hybridized carbons (Fsp3) is 0.533. The van der Waals surface area contributed by atoms with Gasteiger partial charge in [-0.1, -0.05) is 37.6 Å². The first-order valence-corrected chi connectivity index (χ1v) is 7.22. The Hall–Kier alpha value is -0.770. The zero-order valence-corrected chi connectivity index (χ0v) is 13.5. The molecule has 1 heterocycles. The van der Waals surface area contributed by atoms with Crippen molar-refractivity contribution in [1.29, 1.82) is 0 Å². The Kier molecular flexibility index (Phi) is 6.80. The van der Waals surface area contributed by atoms with Gasteiger partial charge in [0.2, 0.25) is 5.91 Å². The molecule has 5 heteroatoms. The molecule has 0 aliphatic carbocycles. The second kappa shape index (κ2) is 7.87. The highest BCUT2D eigenvalue weighted by atomic mass is 35.5. The molecule has 0 radical (unpaired) electrons. The van der Waals surface area contributed by atoms with E-state index >= 15 is 0 Å². The van der Waals surface area contributed by atoms with Crippen molar-refractivity contribution in [3.63, 3.8) is 0 Å². The van der Waals surface area contributed by atoms with Crippen LogP contribution < -0.4 is 5.32 Å². The van der Waals surface area contributed by atoms with Gasteiger partial charge in [-0.2, -0.15) is 0 Å². The van der Waals surface area contributed by atoms with Crippen LogP contribution in [0.25, 0.3) is 0 Å². The van der Waals surface area contributed by atoms with Crippen LogP contribution in [0.15, 0.2) is 24.3 Å². The summed E-state index contributed by atoms with van der Waals surface area (Å²) in [5.41, 5.74) is 1.02. The van der Waals surface area contributed by atoms with Gasteiger partial charge in [0.15, 0.2) is 0 Å². The molecule has 1 aromatic carbocycles. The Morgan fingerprint density at radius 1 is 1.30 bits per heavy atom. The minimum atomic E-state index is -0.100. The van der Waals surface area contributed by atoms with Crippen LogP contribution >= 0.6 is 24.0 Å². The standard InChI is InChI=1S/C15H21ClN2O.ClH/c1-11(2)14(12-4-3-5-13(16)10-12)15(19)18-8-6-17-7-9-18;/h3-5,10-11,14,17H,6-9H2,1-2H3;1H. The van der Waals surface area contributed by atoms with Crippen LogP contribution in [0.4, 0.5) is 0 Å². The van der Waals surface area contributed by atoms with E-state index in [0.29, 0.717) is 5.02 Å². The van der Waals surface area contributed by atoms with Crippen molar-refractivity contribution in [2.24, 2.45) is 5.92 Å². The van der Waals surface area contributed by atoms with Crippen molar-refractivity contribution >= 4 is 29.9 Å². The zero-order valence-electron chi connectivity index (χ0n) is 11.9. The molecule has 1 N–H and O–H groups in total. The number of hydrogen-bond donors (Lipinski definition) is 1. The summed E-state index contributed by atoms with van der Waals surface area (Å²) in [6, 6.07) is 7.67. The van der Waals surface area contributed by atoms with Gasteiger partial charge in [0, 0.05) is 31.2 Å². The van der Waals surface area contributed by atoms with E-state index in [1.54, 1.807) is 0 Å².